The summed E-state index contributed by atoms with van der Waals surface area (Å²) in [6, 6.07) is 23.1. The van der Waals surface area contributed by atoms with Crippen molar-refractivity contribution in [1.82, 2.24) is 0 Å². The zero-order chi connectivity index (χ0) is 21.8. The minimum absolute atomic E-state index is 0.0334. The number of aromatic hydroxyl groups is 2. The topological polar surface area (TPSA) is 87.0 Å². The number of hydrogen-bond donors (Lipinski definition) is 3. The summed E-state index contributed by atoms with van der Waals surface area (Å²) in [5, 5.41) is 30.2. The lowest BCUT2D eigenvalue weighted by Crippen LogP contribution is -1.91. The van der Waals surface area contributed by atoms with E-state index in [1.807, 2.05) is 42.5 Å². The molecule has 154 valence electrons. The van der Waals surface area contributed by atoms with Crippen LogP contribution in [0.2, 0.25) is 0 Å². The number of phenols is 2. The van der Waals surface area contributed by atoms with Gasteiger partial charge in [0, 0.05) is 10.9 Å². The third-order valence-electron chi connectivity index (χ3n) is 4.81. The fourth-order valence-electron chi connectivity index (χ4n) is 3.36. The van der Waals surface area contributed by atoms with Crippen molar-refractivity contribution in [3.8, 4) is 34.1 Å². The van der Waals surface area contributed by atoms with Gasteiger partial charge in [0.25, 0.3) is 0 Å². The first-order valence-electron chi connectivity index (χ1n) is 9.71. The zero-order valence-electron chi connectivity index (χ0n) is 16.5. The fourth-order valence-corrected chi connectivity index (χ4v) is 3.36. The van der Waals surface area contributed by atoms with Crippen LogP contribution < -0.4 is 4.74 Å². The van der Waals surface area contributed by atoms with Gasteiger partial charge in [0.05, 0.1) is 6.42 Å². The highest BCUT2D eigenvalue weighted by molar-refractivity contribution is 5.96. The number of aliphatic carboxylic acids is 1. The third kappa shape index (κ3) is 4.67. The molecule has 31 heavy (non-hydrogen) atoms. The normalized spacial score (nSPS) is 11.1. The van der Waals surface area contributed by atoms with Crippen LogP contribution in [0.15, 0.2) is 84.9 Å². The number of carbonyl (C=O) groups is 1. The average Bonchev–Trinajstić information content (AvgIpc) is 2.74. The van der Waals surface area contributed by atoms with Gasteiger partial charge >= 0.3 is 5.97 Å². The number of benzene rings is 4. The molecule has 0 fully saturated rings. The minimum Gasteiger partial charge on any atom is -0.508 e. The van der Waals surface area contributed by atoms with E-state index in [9.17, 15) is 15.0 Å². The van der Waals surface area contributed by atoms with Crippen molar-refractivity contribution >= 4 is 22.8 Å². The lowest BCUT2D eigenvalue weighted by molar-refractivity contribution is -0.135. The maximum absolute atomic E-state index is 10.6. The summed E-state index contributed by atoms with van der Waals surface area (Å²) >= 11 is 0. The Labute approximate surface area is 179 Å². The van der Waals surface area contributed by atoms with E-state index in [1.165, 1.54) is 0 Å². The smallest absolute Gasteiger partial charge is 0.307 e. The molecule has 0 amide bonds. The van der Waals surface area contributed by atoms with Gasteiger partial charge in [-0.25, -0.2) is 0 Å². The van der Waals surface area contributed by atoms with Gasteiger partial charge < -0.3 is 20.1 Å². The average molecular weight is 412 g/mol. The van der Waals surface area contributed by atoms with Crippen molar-refractivity contribution in [1.29, 1.82) is 0 Å². The SMILES string of the molecule is O=C(O)CC=Cc1ccc(Oc2c(-c3cccc(O)c3)ccc3cc(O)ccc23)cc1. The zero-order valence-corrected chi connectivity index (χ0v) is 16.5. The van der Waals surface area contributed by atoms with E-state index in [0.29, 0.717) is 11.5 Å². The first-order valence-corrected chi connectivity index (χ1v) is 9.71. The molecule has 0 atom stereocenters. The van der Waals surface area contributed by atoms with Gasteiger partial charge in [-0.05, 0) is 65.0 Å². The van der Waals surface area contributed by atoms with Crippen molar-refractivity contribution in [3.63, 3.8) is 0 Å². The molecule has 0 aliphatic rings. The second-order valence-electron chi connectivity index (χ2n) is 7.07. The van der Waals surface area contributed by atoms with Crippen molar-refractivity contribution in [2.45, 2.75) is 6.42 Å². The molecule has 5 heteroatoms. The second-order valence-corrected chi connectivity index (χ2v) is 7.07. The third-order valence-corrected chi connectivity index (χ3v) is 4.81. The molecule has 5 nitrogen and oxygen atoms in total. The molecule has 0 heterocycles. The summed E-state index contributed by atoms with van der Waals surface area (Å²) in [7, 11) is 0. The Hall–Kier alpha value is -4.25. The molecule has 0 aromatic heterocycles. The summed E-state index contributed by atoms with van der Waals surface area (Å²) in [5.41, 5.74) is 2.47. The Morgan fingerprint density at radius 3 is 2.39 bits per heavy atom. The van der Waals surface area contributed by atoms with Crippen LogP contribution in [0.3, 0.4) is 0 Å². The summed E-state index contributed by atoms with van der Waals surface area (Å²) in [4.78, 5) is 10.6. The van der Waals surface area contributed by atoms with E-state index in [-0.39, 0.29) is 17.9 Å². The fraction of sp³-hybridized carbons (Fsp3) is 0.0385. The maximum Gasteiger partial charge on any atom is 0.307 e. The highest BCUT2D eigenvalue weighted by Gasteiger charge is 2.13. The van der Waals surface area contributed by atoms with Gasteiger partial charge in [0.15, 0.2) is 0 Å². The molecule has 0 aliphatic heterocycles. The van der Waals surface area contributed by atoms with Gasteiger partial charge in [-0.3, -0.25) is 4.79 Å². The van der Waals surface area contributed by atoms with E-state index in [2.05, 4.69) is 0 Å². The Bertz CT molecular complexity index is 1270. The summed E-state index contributed by atoms with van der Waals surface area (Å²) < 4.78 is 6.27. The molecule has 0 aliphatic carbocycles. The number of ether oxygens (including phenoxy) is 1. The van der Waals surface area contributed by atoms with Gasteiger partial charge in [-0.15, -0.1) is 0 Å². The molecule has 0 saturated carbocycles. The van der Waals surface area contributed by atoms with Gasteiger partial charge in [-0.1, -0.05) is 42.5 Å². The maximum atomic E-state index is 10.6. The highest BCUT2D eigenvalue weighted by atomic mass is 16.5. The molecular weight excluding hydrogens is 392 g/mol. The molecule has 4 aromatic carbocycles. The Balaban J connectivity index is 1.74. The van der Waals surface area contributed by atoms with Crippen molar-refractivity contribution in [2.75, 3.05) is 0 Å². The van der Waals surface area contributed by atoms with E-state index in [4.69, 9.17) is 9.84 Å². The van der Waals surface area contributed by atoms with Crippen molar-refractivity contribution in [3.05, 3.63) is 90.5 Å². The Kier molecular flexibility index (Phi) is 5.58. The largest absolute Gasteiger partial charge is 0.508 e. The first-order chi connectivity index (χ1) is 15.0. The number of fused-ring (bicyclic) bond motifs is 1. The van der Waals surface area contributed by atoms with Crippen LogP contribution in [0.5, 0.6) is 23.0 Å². The predicted octanol–water partition coefficient (Wildman–Crippen LogP) is 6.20. The second kappa shape index (κ2) is 8.63. The van der Waals surface area contributed by atoms with Gasteiger partial charge in [0.2, 0.25) is 0 Å². The van der Waals surface area contributed by atoms with Crippen LogP contribution in [-0.4, -0.2) is 21.3 Å². The van der Waals surface area contributed by atoms with Crippen molar-refractivity contribution in [2.24, 2.45) is 0 Å². The summed E-state index contributed by atoms with van der Waals surface area (Å²) in [6.07, 6.45) is 3.31. The summed E-state index contributed by atoms with van der Waals surface area (Å²) in [5.74, 6) is 0.667. The van der Waals surface area contributed by atoms with Crippen LogP contribution in [0.4, 0.5) is 0 Å². The van der Waals surface area contributed by atoms with Crippen LogP contribution in [0, 0.1) is 0 Å². The van der Waals surface area contributed by atoms with E-state index in [0.717, 1.165) is 27.5 Å². The quantitative estimate of drug-likeness (QED) is 0.351. The lowest BCUT2D eigenvalue weighted by atomic mass is 9.99. The highest BCUT2D eigenvalue weighted by Crippen LogP contribution is 2.41. The number of carboxylic acids is 1. The van der Waals surface area contributed by atoms with Crippen LogP contribution in [0.25, 0.3) is 28.0 Å². The Morgan fingerprint density at radius 2 is 1.65 bits per heavy atom. The van der Waals surface area contributed by atoms with E-state index < -0.39 is 5.97 Å². The monoisotopic (exact) mass is 412 g/mol. The van der Waals surface area contributed by atoms with Gasteiger partial charge in [0.1, 0.15) is 23.0 Å². The van der Waals surface area contributed by atoms with Crippen molar-refractivity contribution < 1.29 is 24.9 Å². The Morgan fingerprint density at radius 1 is 0.871 bits per heavy atom. The molecular formula is C26H20O5. The number of carboxylic acid groups (broad SMARTS) is 1. The standard InChI is InChI=1S/C26H20O5/c27-20-5-2-4-18(15-20)23-13-9-19-16-21(28)10-14-24(19)26(23)31-22-11-7-17(8-12-22)3-1-6-25(29)30/h1-5,7-16,27-28H,6H2,(H,29,30). The lowest BCUT2D eigenvalue weighted by Gasteiger charge is -2.15. The summed E-state index contributed by atoms with van der Waals surface area (Å²) in [6.45, 7) is 0. The van der Waals surface area contributed by atoms with Gasteiger partial charge in [-0.2, -0.15) is 0 Å². The molecule has 3 N–H and O–H groups in total. The molecule has 0 bridgehead atoms. The molecule has 0 unspecified atom stereocenters. The predicted molar refractivity (Wildman–Crippen MR) is 121 cm³/mol. The number of hydrogen-bond acceptors (Lipinski definition) is 4. The number of rotatable bonds is 6. The minimum atomic E-state index is -0.877. The van der Waals surface area contributed by atoms with Crippen LogP contribution in [0.1, 0.15) is 12.0 Å². The first kappa shape index (κ1) is 20.0. The molecule has 0 radical (unpaired) electrons. The van der Waals surface area contributed by atoms with E-state index >= 15 is 0 Å². The van der Waals surface area contributed by atoms with E-state index in [1.54, 1.807) is 48.6 Å². The molecule has 0 spiro atoms. The van der Waals surface area contributed by atoms with Crippen LogP contribution >= 0.6 is 0 Å². The van der Waals surface area contributed by atoms with Crippen LogP contribution in [-0.2, 0) is 4.79 Å². The molecule has 4 rings (SSSR count). The number of phenolic OH excluding ortho intramolecular Hbond substituents is 2. The molecule has 0 saturated heterocycles. The molecule has 4 aromatic rings.